The highest BCUT2D eigenvalue weighted by atomic mass is 16.1. The first kappa shape index (κ1) is 14.7. The standard InChI is InChI=1S/C16H25NO/c1-6-15(18)13-7-9-14(10-8-13)17-11-12(2)16(3,4)5/h7-10,12,17H,6,11H2,1-5H3. The Labute approximate surface area is 111 Å². The van der Waals surface area contributed by atoms with Gasteiger partial charge in [0.2, 0.25) is 0 Å². The zero-order valence-corrected chi connectivity index (χ0v) is 12.2. The molecule has 1 N–H and O–H groups in total. The molecule has 18 heavy (non-hydrogen) atoms. The van der Waals surface area contributed by atoms with Gasteiger partial charge in [-0.15, -0.1) is 0 Å². The van der Waals surface area contributed by atoms with Gasteiger partial charge in [-0.2, -0.15) is 0 Å². The van der Waals surface area contributed by atoms with E-state index in [0.717, 1.165) is 17.8 Å². The van der Waals surface area contributed by atoms with E-state index in [-0.39, 0.29) is 5.78 Å². The van der Waals surface area contributed by atoms with Crippen LogP contribution in [0.25, 0.3) is 0 Å². The van der Waals surface area contributed by atoms with Crippen molar-refractivity contribution in [3.05, 3.63) is 29.8 Å². The van der Waals surface area contributed by atoms with Gasteiger partial charge in [-0.25, -0.2) is 0 Å². The zero-order valence-electron chi connectivity index (χ0n) is 12.2. The lowest BCUT2D eigenvalue weighted by Gasteiger charge is -2.27. The second kappa shape index (κ2) is 6.03. The first-order valence-electron chi connectivity index (χ1n) is 6.71. The van der Waals surface area contributed by atoms with E-state index in [9.17, 15) is 4.79 Å². The maximum absolute atomic E-state index is 11.5. The summed E-state index contributed by atoms with van der Waals surface area (Å²) < 4.78 is 0. The fraction of sp³-hybridized carbons (Fsp3) is 0.562. The van der Waals surface area contributed by atoms with Crippen LogP contribution in [0, 0.1) is 11.3 Å². The van der Waals surface area contributed by atoms with Crippen LogP contribution in [0.1, 0.15) is 51.4 Å². The summed E-state index contributed by atoms with van der Waals surface area (Å²) in [5.74, 6) is 0.791. The molecule has 0 amide bonds. The fourth-order valence-electron chi connectivity index (χ4n) is 1.56. The summed E-state index contributed by atoms with van der Waals surface area (Å²) in [7, 11) is 0. The molecule has 1 atom stereocenters. The lowest BCUT2D eigenvalue weighted by molar-refractivity contribution is 0.0988. The number of carbonyl (C=O) groups excluding carboxylic acids is 1. The number of rotatable bonds is 5. The van der Waals surface area contributed by atoms with Gasteiger partial charge in [-0.1, -0.05) is 34.6 Å². The van der Waals surface area contributed by atoms with E-state index in [1.165, 1.54) is 0 Å². The van der Waals surface area contributed by atoms with Crippen LogP contribution in [0.3, 0.4) is 0 Å². The van der Waals surface area contributed by atoms with Crippen molar-refractivity contribution in [2.45, 2.75) is 41.0 Å². The van der Waals surface area contributed by atoms with Crippen molar-refractivity contribution < 1.29 is 4.79 Å². The van der Waals surface area contributed by atoms with E-state index in [0.29, 0.717) is 17.8 Å². The quantitative estimate of drug-likeness (QED) is 0.783. The van der Waals surface area contributed by atoms with Crippen molar-refractivity contribution in [3.8, 4) is 0 Å². The van der Waals surface area contributed by atoms with Crippen LogP contribution in [-0.4, -0.2) is 12.3 Å². The Balaban J connectivity index is 2.57. The molecule has 2 nitrogen and oxygen atoms in total. The minimum atomic E-state index is 0.199. The van der Waals surface area contributed by atoms with Gasteiger partial charge in [0.1, 0.15) is 0 Å². The molecule has 0 aliphatic heterocycles. The molecule has 100 valence electrons. The molecule has 2 heteroatoms. The van der Waals surface area contributed by atoms with Gasteiger partial charge in [0.05, 0.1) is 0 Å². The first-order chi connectivity index (χ1) is 8.34. The SMILES string of the molecule is CCC(=O)c1ccc(NCC(C)C(C)(C)C)cc1. The molecule has 1 aromatic carbocycles. The molecule has 0 saturated heterocycles. The number of carbonyl (C=O) groups is 1. The number of hydrogen-bond donors (Lipinski definition) is 1. The Hall–Kier alpha value is -1.31. The Morgan fingerprint density at radius 2 is 1.78 bits per heavy atom. The van der Waals surface area contributed by atoms with Gasteiger partial charge in [-0.05, 0) is 35.6 Å². The van der Waals surface area contributed by atoms with Gasteiger partial charge in [0, 0.05) is 24.2 Å². The molecule has 0 saturated carbocycles. The van der Waals surface area contributed by atoms with Crippen molar-refractivity contribution in [3.63, 3.8) is 0 Å². The molecule has 0 bridgehead atoms. The van der Waals surface area contributed by atoms with Crippen LogP contribution in [0.5, 0.6) is 0 Å². The van der Waals surface area contributed by atoms with Gasteiger partial charge >= 0.3 is 0 Å². The molecule has 1 rings (SSSR count). The molecule has 0 heterocycles. The Kier molecular flexibility index (Phi) is 4.94. The number of hydrogen-bond acceptors (Lipinski definition) is 2. The van der Waals surface area contributed by atoms with Gasteiger partial charge < -0.3 is 5.32 Å². The monoisotopic (exact) mass is 247 g/mol. The molecule has 0 radical (unpaired) electrons. The third kappa shape index (κ3) is 4.17. The highest BCUT2D eigenvalue weighted by molar-refractivity contribution is 5.96. The van der Waals surface area contributed by atoms with E-state index in [4.69, 9.17) is 0 Å². The van der Waals surface area contributed by atoms with Crippen LogP contribution >= 0.6 is 0 Å². The normalized spacial score (nSPS) is 13.2. The molecule has 1 aromatic rings. The molecular formula is C16H25NO. The van der Waals surface area contributed by atoms with Crippen LogP contribution in [0.15, 0.2) is 24.3 Å². The summed E-state index contributed by atoms with van der Waals surface area (Å²) >= 11 is 0. The van der Waals surface area contributed by atoms with Crippen molar-refractivity contribution in [2.24, 2.45) is 11.3 Å². The zero-order chi connectivity index (χ0) is 13.8. The largest absolute Gasteiger partial charge is 0.385 e. The van der Waals surface area contributed by atoms with E-state index in [2.05, 4.69) is 33.0 Å². The number of benzene rings is 1. The summed E-state index contributed by atoms with van der Waals surface area (Å²) in [6.07, 6.45) is 0.563. The van der Waals surface area contributed by atoms with Crippen molar-refractivity contribution in [1.29, 1.82) is 0 Å². The van der Waals surface area contributed by atoms with E-state index < -0.39 is 0 Å². The Morgan fingerprint density at radius 1 is 1.22 bits per heavy atom. The molecule has 0 aromatic heterocycles. The third-order valence-corrected chi connectivity index (χ3v) is 3.62. The van der Waals surface area contributed by atoms with E-state index in [1.807, 2.05) is 31.2 Å². The summed E-state index contributed by atoms with van der Waals surface area (Å²) in [5, 5.41) is 3.42. The second-order valence-corrected chi connectivity index (χ2v) is 6.00. The highest BCUT2D eigenvalue weighted by Gasteiger charge is 2.19. The molecule has 0 aliphatic carbocycles. The van der Waals surface area contributed by atoms with Crippen LogP contribution in [-0.2, 0) is 0 Å². The van der Waals surface area contributed by atoms with Gasteiger partial charge in [0.25, 0.3) is 0 Å². The molecule has 1 unspecified atom stereocenters. The van der Waals surface area contributed by atoms with Crippen molar-refractivity contribution in [1.82, 2.24) is 0 Å². The van der Waals surface area contributed by atoms with Gasteiger partial charge in [-0.3, -0.25) is 4.79 Å². The van der Waals surface area contributed by atoms with Crippen molar-refractivity contribution in [2.75, 3.05) is 11.9 Å². The predicted octanol–water partition coefficient (Wildman–Crippen LogP) is 4.37. The fourth-order valence-corrected chi connectivity index (χ4v) is 1.56. The number of Topliss-reactive ketones (excluding diaryl/α,β-unsaturated/α-hetero) is 1. The first-order valence-corrected chi connectivity index (χ1v) is 6.71. The molecule has 0 fully saturated rings. The lowest BCUT2D eigenvalue weighted by atomic mass is 9.82. The lowest BCUT2D eigenvalue weighted by Crippen LogP contribution is -2.24. The summed E-state index contributed by atoms with van der Waals surface area (Å²) in [6, 6.07) is 7.77. The second-order valence-electron chi connectivity index (χ2n) is 6.00. The van der Waals surface area contributed by atoms with Crippen LogP contribution in [0.4, 0.5) is 5.69 Å². The molecule has 0 spiro atoms. The number of ketones is 1. The Morgan fingerprint density at radius 3 is 2.22 bits per heavy atom. The minimum Gasteiger partial charge on any atom is -0.385 e. The highest BCUT2D eigenvalue weighted by Crippen LogP contribution is 2.25. The maximum Gasteiger partial charge on any atom is 0.162 e. The van der Waals surface area contributed by atoms with Crippen LogP contribution < -0.4 is 5.32 Å². The Bertz CT molecular complexity index is 387. The minimum absolute atomic E-state index is 0.199. The molecular weight excluding hydrogens is 222 g/mol. The number of anilines is 1. The summed E-state index contributed by atoms with van der Waals surface area (Å²) in [4.78, 5) is 11.5. The summed E-state index contributed by atoms with van der Waals surface area (Å²) in [5.41, 5.74) is 2.19. The topological polar surface area (TPSA) is 29.1 Å². The van der Waals surface area contributed by atoms with Crippen molar-refractivity contribution >= 4 is 11.5 Å². The third-order valence-electron chi connectivity index (χ3n) is 3.62. The van der Waals surface area contributed by atoms with E-state index in [1.54, 1.807) is 0 Å². The predicted molar refractivity (Wildman–Crippen MR) is 78.2 cm³/mol. The maximum atomic E-state index is 11.5. The van der Waals surface area contributed by atoms with Gasteiger partial charge in [0.15, 0.2) is 5.78 Å². The summed E-state index contributed by atoms with van der Waals surface area (Å²) in [6.45, 7) is 11.8. The van der Waals surface area contributed by atoms with Crippen LogP contribution in [0.2, 0.25) is 0 Å². The number of nitrogens with one attached hydrogen (secondary N) is 1. The average Bonchev–Trinajstić information content (AvgIpc) is 2.34. The molecule has 0 aliphatic rings. The average molecular weight is 247 g/mol. The van der Waals surface area contributed by atoms with E-state index >= 15 is 0 Å². The smallest absolute Gasteiger partial charge is 0.162 e.